The number of carboxylic acids is 1. The second-order valence-electron chi connectivity index (χ2n) is 7.32. The second-order valence-corrected chi connectivity index (χ2v) is 8.03. The smallest absolute Gasteiger partial charge is 0.475 e. The molecule has 2 fully saturated rings. The van der Waals surface area contributed by atoms with E-state index in [4.69, 9.17) is 14.6 Å². The summed E-state index contributed by atoms with van der Waals surface area (Å²) in [4.78, 5) is 34.4. The van der Waals surface area contributed by atoms with Crippen LogP contribution in [-0.2, 0) is 9.53 Å². The van der Waals surface area contributed by atoms with E-state index in [-0.39, 0.29) is 11.3 Å². The van der Waals surface area contributed by atoms with Gasteiger partial charge in [0.1, 0.15) is 11.5 Å². The predicted molar refractivity (Wildman–Crippen MR) is 106 cm³/mol. The monoisotopic (exact) mass is 458 g/mol. The van der Waals surface area contributed by atoms with Gasteiger partial charge in [0.2, 0.25) is 0 Å². The van der Waals surface area contributed by atoms with Crippen molar-refractivity contribution in [1.29, 1.82) is 0 Å². The van der Waals surface area contributed by atoms with Crippen molar-refractivity contribution in [3.8, 4) is 0 Å². The highest BCUT2D eigenvalue weighted by molar-refractivity contribution is 7.07. The molecule has 0 radical (unpaired) electrons. The molecule has 2 aliphatic rings. The number of alkyl halides is 3. The third-order valence-corrected chi connectivity index (χ3v) is 5.62. The standard InChI is InChI=1S/C17H20N4O2S.C2HF3O2/c22-16(14-9-24-13-19-14)21-7-8-23-12-17(11-21)4-6-20(10-17)15-3-1-2-5-18-15;3-2(4,5)1(6)7/h1-3,5,9,13H,4,6-8,10-12H2;(H,6,7). The molecule has 0 saturated carbocycles. The van der Waals surface area contributed by atoms with Gasteiger partial charge in [0, 0.05) is 43.2 Å². The number of nitrogens with zero attached hydrogens (tertiary/aromatic N) is 4. The number of anilines is 1. The van der Waals surface area contributed by atoms with Crippen molar-refractivity contribution in [2.45, 2.75) is 12.6 Å². The van der Waals surface area contributed by atoms with Crippen LogP contribution in [0.15, 0.2) is 35.3 Å². The van der Waals surface area contributed by atoms with Gasteiger partial charge in [-0.2, -0.15) is 13.2 Å². The summed E-state index contributed by atoms with van der Waals surface area (Å²) < 4.78 is 37.6. The molecule has 4 heterocycles. The van der Waals surface area contributed by atoms with Gasteiger partial charge in [-0.15, -0.1) is 11.3 Å². The molecule has 0 aromatic carbocycles. The third-order valence-electron chi connectivity index (χ3n) is 5.03. The molecule has 8 nitrogen and oxygen atoms in total. The number of pyridine rings is 1. The maximum absolute atomic E-state index is 12.7. The summed E-state index contributed by atoms with van der Waals surface area (Å²) in [6.45, 7) is 4.43. The predicted octanol–water partition coefficient (Wildman–Crippen LogP) is 2.54. The molecule has 12 heteroatoms. The molecular weight excluding hydrogens is 437 g/mol. The average molecular weight is 458 g/mol. The van der Waals surface area contributed by atoms with E-state index in [1.807, 2.05) is 34.7 Å². The first-order valence-electron chi connectivity index (χ1n) is 9.41. The van der Waals surface area contributed by atoms with Crippen molar-refractivity contribution in [1.82, 2.24) is 14.9 Å². The Hall–Kier alpha value is -2.73. The summed E-state index contributed by atoms with van der Waals surface area (Å²) >= 11 is 1.45. The van der Waals surface area contributed by atoms with Crippen molar-refractivity contribution in [2.24, 2.45) is 5.41 Å². The van der Waals surface area contributed by atoms with Crippen molar-refractivity contribution in [3.63, 3.8) is 0 Å². The first kappa shape index (κ1) is 22.9. The molecule has 1 unspecified atom stereocenters. The Morgan fingerprint density at radius 2 is 1.97 bits per heavy atom. The number of amides is 1. The Labute approximate surface area is 180 Å². The van der Waals surface area contributed by atoms with Crippen LogP contribution in [0.25, 0.3) is 0 Å². The van der Waals surface area contributed by atoms with Gasteiger partial charge in [0.15, 0.2) is 0 Å². The zero-order valence-corrected chi connectivity index (χ0v) is 17.2. The van der Waals surface area contributed by atoms with E-state index in [0.717, 1.165) is 25.3 Å². The summed E-state index contributed by atoms with van der Waals surface area (Å²) in [6.07, 6.45) is -2.26. The van der Waals surface area contributed by atoms with Gasteiger partial charge in [-0.3, -0.25) is 4.79 Å². The number of hydrogen-bond acceptors (Lipinski definition) is 7. The van der Waals surface area contributed by atoms with Crippen LogP contribution in [0.5, 0.6) is 0 Å². The first-order chi connectivity index (χ1) is 14.7. The molecule has 0 bridgehead atoms. The van der Waals surface area contributed by atoms with Crippen LogP contribution in [0, 0.1) is 5.41 Å². The fraction of sp³-hybridized carbons (Fsp3) is 0.474. The summed E-state index contributed by atoms with van der Waals surface area (Å²) in [5, 5.41) is 8.94. The molecule has 1 amide bonds. The lowest BCUT2D eigenvalue weighted by Gasteiger charge is -2.31. The number of rotatable bonds is 2. The topological polar surface area (TPSA) is 95.9 Å². The Bertz CT molecular complexity index is 882. The highest BCUT2D eigenvalue weighted by atomic mass is 32.1. The largest absolute Gasteiger partial charge is 0.490 e. The van der Waals surface area contributed by atoms with Gasteiger partial charge in [-0.1, -0.05) is 6.07 Å². The van der Waals surface area contributed by atoms with Crippen molar-refractivity contribution >= 4 is 29.0 Å². The van der Waals surface area contributed by atoms with Crippen LogP contribution in [0.3, 0.4) is 0 Å². The van der Waals surface area contributed by atoms with E-state index in [1.165, 1.54) is 11.3 Å². The zero-order chi connectivity index (χ0) is 22.5. The van der Waals surface area contributed by atoms with Crippen LogP contribution in [0.2, 0.25) is 0 Å². The van der Waals surface area contributed by atoms with E-state index in [1.54, 1.807) is 5.51 Å². The molecule has 2 aromatic rings. The molecule has 2 saturated heterocycles. The number of aliphatic carboxylic acids is 1. The van der Waals surface area contributed by atoms with Crippen LogP contribution in [0.1, 0.15) is 16.9 Å². The van der Waals surface area contributed by atoms with Gasteiger partial charge in [-0.25, -0.2) is 14.8 Å². The molecule has 1 atom stereocenters. The number of hydrogen-bond donors (Lipinski definition) is 1. The normalized spacial score (nSPS) is 21.4. The first-order valence-corrected chi connectivity index (χ1v) is 10.4. The Kier molecular flexibility index (Phi) is 7.11. The minimum absolute atomic E-state index is 0.0115. The van der Waals surface area contributed by atoms with Gasteiger partial charge in [0.25, 0.3) is 5.91 Å². The quantitative estimate of drug-likeness (QED) is 0.739. The summed E-state index contributed by atoms with van der Waals surface area (Å²) in [5.74, 6) is -1.75. The van der Waals surface area contributed by atoms with E-state index < -0.39 is 12.1 Å². The number of carbonyl (C=O) groups is 2. The van der Waals surface area contributed by atoms with Gasteiger partial charge in [0.05, 0.1) is 18.7 Å². The highest BCUT2D eigenvalue weighted by Gasteiger charge is 2.43. The molecule has 0 aliphatic carbocycles. The zero-order valence-electron chi connectivity index (χ0n) is 16.4. The minimum Gasteiger partial charge on any atom is -0.475 e. The highest BCUT2D eigenvalue weighted by Crippen LogP contribution is 2.35. The second kappa shape index (κ2) is 9.60. The summed E-state index contributed by atoms with van der Waals surface area (Å²) in [6, 6.07) is 5.97. The van der Waals surface area contributed by atoms with E-state index in [0.29, 0.717) is 32.0 Å². The molecule has 168 valence electrons. The fourth-order valence-electron chi connectivity index (χ4n) is 3.56. The van der Waals surface area contributed by atoms with Crippen molar-refractivity contribution in [3.05, 3.63) is 41.0 Å². The van der Waals surface area contributed by atoms with Gasteiger partial charge >= 0.3 is 12.1 Å². The Balaban J connectivity index is 0.000000339. The SMILES string of the molecule is O=C(O)C(F)(F)F.O=C(c1cscn1)N1CCOCC2(CCN(c3ccccn3)C2)C1. The van der Waals surface area contributed by atoms with E-state index in [9.17, 15) is 18.0 Å². The molecule has 2 aliphatic heterocycles. The molecular formula is C19H21F3N4O4S. The van der Waals surface area contributed by atoms with Gasteiger partial charge < -0.3 is 19.6 Å². The van der Waals surface area contributed by atoms with Gasteiger partial charge in [-0.05, 0) is 18.6 Å². The molecule has 31 heavy (non-hydrogen) atoms. The molecule has 2 aromatic heterocycles. The number of thiazole rings is 1. The number of aromatic nitrogens is 2. The van der Waals surface area contributed by atoms with E-state index >= 15 is 0 Å². The van der Waals surface area contributed by atoms with Crippen LogP contribution < -0.4 is 4.90 Å². The number of carbonyl (C=O) groups excluding carboxylic acids is 1. The lowest BCUT2D eigenvalue weighted by Crippen LogP contribution is -2.43. The van der Waals surface area contributed by atoms with Crippen molar-refractivity contribution in [2.75, 3.05) is 44.3 Å². The Morgan fingerprint density at radius 1 is 1.19 bits per heavy atom. The fourth-order valence-corrected chi connectivity index (χ4v) is 4.09. The summed E-state index contributed by atoms with van der Waals surface area (Å²) in [7, 11) is 0. The minimum atomic E-state index is -5.08. The molecule has 1 spiro atoms. The van der Waals surface area contributed by atoms with Crippen LogP contribution >= 0.6 is 11.3 Å². The molecule has 4 rings (SSSR count). The third kappa shape index (κ3) is 5.91. The van der Waals surface area contributed by atoms with Crippen LogP contribution in [0.4, 0.5) is 19.0 Å². The van der Waals surface area contributed by atoms with E-state index in [2.05, 4.69) is 14.9 Å². The average Bonchev–Trinajstić information content (AvgIpc) is 3.36. The lowest BCUT2D eigenvalue weighted by molar-refractivity contribution is -0.192. The number of ether oxygens (including phenoxy) is 1. The van der Waals surface area contributed by atoms with Crippen LogP contribution in [-0.4, -0.2) is 77.4 Å². The number of carboxylic acid groups (broad SMARTS) is 1. The maximum atomic E-state index is 12.7. The maximum Gasteiger partial charge on any atom is 0.490 e. The van der Waals surface area contributed by atoms with Crippen molar-refractivity contribution < 1.29 is 32.6 Å². The number of halogens is 3. The Morgan fingerprint density at radius 3 is 2.58 bits per heavy atom. The lowest BCUT2D eigenvalue weighted by atomic mass is 9.87. The molecule has 1 N–H and O–H groups in total. The summed E-state index contributed by atoms with van der Waals surface area (Å²) in [5.41, 5.74) is 2.21.